The molecule has 0 fully saturated rings. The number of rotatable bonds is 5. The Labute approximate surface area is 147 Å². The largest absolute Gasteiger partial charge is 0.315 e. The molecule has 0 saturated heterocycles. The van der Waals surface area contributed by atoms with Crippen molar-refractivity contribution >= 4 is 35.2 Å². The number of H-pyrrole nitrogens is 1. The predicted octanol–water partition coefficient (Wildman–Crippen LogP) is 3.13. The molecule has 0 saturated carbocycles. The fourth-order valence-electron chi connectivity index (χ4n) is 2.32. The Morgan fingerprint density at radius 2 is 2.22 bits per heavy atom. The molecule has 0 aliphatic carbocycles. The van der Waals surface area contributed by atoms with Gasteiger partial charge in [0.15, 0.2) is 12.5 Å². The molecule has 0 radical (unpaired) electrons. The first-order chi connectivity index (χ1) is 11.0. The van der Waals surface area contributed by atoms with Crippen molar-refractivity contribution in [2.75, 3.05) is 7.05 Å². The van der Waals surface area contributed by atoms with E-state index in [9.17, 15) is 4.39 Å². The summed E-state index contributed by atoms with van der Waals surface area (Å²) in [5.41, 5.74) is 0.510. The van der Waals surface area contributed by atoms with Crippen LogP contribution < -0.4 is 4.90 Å². The number of hydrogen-bond acceptors (Lipinski definition) is 3. The van der Waals surface area contributed by atoms with E-state index in [0.29, 0.717) is 28.6 Å². The Kier molecular flexibility index (Phi) is 4.91. The third-order valence-electron chi connectivity index (χ3n) is 3.40. The minimum absolute atomic E-state index is 0.288. The normalized spacial score (nSPS) is 12.5. The van der Waals surface area contributed by atoms with Crippen LogP contribution in [0, 0.1) is 10.6 Å². The molecule has 0 aliphatic rings. The van der Waals surface area contributed by atoms with Gasteiger partial charge in [-0.25, -0.2) is 9.07 Å². The SMILES string of the molecule is C[NH+](Cc1c(F)cccc1Cl)Cn1[nH]c(-c2cccs2)nc1=S. The highest BCUT2D eigenvalue weighted by Gasteiger charge is 2.14. The zero-order valence-corrected chi connectivity index (χ0v) is 14.7. The van der Waals surface area contributed by atoms with E-state index < -0.39 is 0 Å². The van der Waals surface area contributed by atoms with E-state index in [0.717, 1.165) is 15.6 Å². The smallest absolute Gasteiger partial charge is 0.221 e. The highest BCUT2D eigenvalue weighted by Crippen LogP contribution is 2.20. The lowest BCUT2D eigenvalue weighted by Gasteiger charge is -2.15. The molecule has 3 rings (SSSR count). The third kappa shape index (κ3) is 3.69. The average molecular weight is 370 g/mol. The van der Waals surface area contributed by atoms with Crippen molar-refractivity contribution in [3.05, 3.63) is 56.9 Å². The van der Waals surface area contributed by atoms with Crippen LogP contribution in [0.4, 0.5) is 4.39 Å². The Bertz CT molecular complexity index is 836. The molecule has 4 nitrogen and oxygen atoms in total. The van der Waals surface area contributed by atoms with Gasteiger partial charge in [-0.05, 0) is 35.8 Å². The second-order valence-corrected chi connectivity index (χ2v) is 6.97. The van der Waals surface area contributed by atoms with E-state index >= 15 is 0 Å². The maximum absolute atomic E-state index is 13.9. The van der Waals surface area contributed by atoms with Crippen LogP contribution in [0.25, 0.3) is 10.7 Å². The molecule has 1 atom stereocenters. The molecule has 0 bridgehead atoms. The van der Waals surface area contributed by atoms with Gasteiger partial charge in [0.05, 0.1) is 22.5 Å². The number of quaternary nitrogens is 1. The fourth-order valence-corrected chi connectivity index (χ4v) is 3.41. The van der Waals surface area contributed by atoms with Gasteiger partial charge in [-0.3, -0.25) is 5.10 Å². The molecule has 2 aromatic heterocycles. The van der Waals surface area contributed by atoms with Crippen LogP contribution in [-0.4, -0.2) is 21.8 Å². The van der Waals surface area contributed by atoms with E-state index in [4.69, 9.17) is 23.8 Å². The molecule has 0 spiro atoms. The number of aromatic amines is 1. The van der Waals surface area contributed by atoms with Crippen LogP contribution in [0.2, 0.25) is 5.02 Å². The number of thiophene rings is 1. The zero-order valence-electron chi connectivity index (χ0n) is 12.3. The number of nitrogens with one attached hydrogen (secondary N) is 2. The molecule has 0 amide bonds. The van der Waals surface area contributed by atoms with E-state index in [1.54, 1.807) is 28.2 Å². The molecule has 0 aliphatic heterocycles. The highest BCUT2D eigenvalue weighted by molar-refractivity contribution is 7.71. The van der Waals surface area contributed by atoms with E-state index in [1.165, 1.54) is 6.07 Å². The van der Waals surface area contributed by atoms with Gasteiger partial charge in [-0.15, -0.1) is 11.3 Å². The van der Waals surface area contributed by atoms with Crippen LogP contribution in [0.15, 0.2) is 35.7 Å². The Hall–Kier alpha value is -1.54. The first kappa shape index (κ1) is 16.3. The summed E-state index contributed by atoms with van der Waals surface area (Å²) < 4.78 is 16.1. The molecule has 8 heteroatoms. The van der Waals surface area contributed by atoms with Crippen molar-refractivity contribution in [1.82, 2.24) is 14.8 Å². The van der Waals surface area contributed by atoms with Gasteiger partial charge < -0.3 is 4.90 Å². The lowest BCUT2D eigenvalue weighted by Crippen LogP contribution is -3.07. The summed E-state index contributed by atoms with van der Waals surface area (Å²) in [6, 6.07) is 8.68. The Balaban J connectivity index is 1.76. The lowest BCUT2D eigenvalue weighted by atomic mass is 10.2. The fraction of sp³-hybridized carbons (Fsp3) is 0.200. The predicted molar refractivity (Wildman–Crippen MR) is 92.7 cm³/mol. The monoisotopic (exact) mass is 369 g/mol. The van der Waals surface area contributed by atoms with Crippen LogP contribution in [0.1, 0.15) is 5.56 Å². The van der Waals surface area contributed by atoms with Gasteiger partial charge in [0, 0.05) is 0 Å². The lowest BCUT2D eigenvalue weighted by molar-refractivity contribution is -0.917. The summed E-state index contributed by atoms with van der Waals surface area (Å²) in [6.07, 6.45) is 0. The Morgan fingerprint density at radius 3 is 2.91 bits per heavy atom. The number of benzene rings is 1. The summed E-state index contributed by atoms with van der Waals surface area (Å²) >= 11 is 13.0. The van der Waals surface area contributed by atoms with Gasteiger partial charge in [-0.2, -0.15) is 4.98 Å². The summed E-state index contributed by atoms with van der Waals surface area (Å²) in [5.74, 6) is 0.464. The van der Waals surface area contributed by atoms with Crippen molar-refractivity contribution in [2.45, 2.75) is 13.2 Å². The number of nitrogens with zero attached hydrogens (tertiary/aromatic N) is 2. The zero-order chi connectivity index (χ0) is 16.4. The second kappa shape index (κ2) is 6.92. The van der Waals surface area contributed by atoms with Gasteiger partial charge in [0.25, 0.3) is 0 Å². The molecule has 2 N–H and O–H groups in total. The topological polar surface area (TPSA) is 38.0 Å². The van der Waals surface area contributed by atoms with Gasteiger partial charge in [-0.1, -0.05) is 23.7 Å². The van der Waals surface area contributed by atoms with Crippen molar-refractivity contribution in [3.8, 4) is 10.7 Å². The standard InChI is InChI=1S/C15H14ClFN4S2/c1-20(8-10-11(16)4-2-5-12(10)17)9-21-15(22)18-14(19-21)13-6-3-7-23-13/h2-7H,8-9H2,1H3,(H,18,19,22)/p+1. The number of halogens is 2. The van der Waals surface area contributed by atoms with Crippen LogP contribution in [-0.2, 0) is 13.2 Å². The summed E-state index contributed by atoms with van der Waals surface area (Å²) in [6.45, 7) is 1.00. The van der Waals surface area contributed by atoms with Gasteiger partial charge in [0.1, 0.15) is 12.4 Å². The maximum atomic E-state index is 13.9. The molecule has 2 heterocycles. The second-order valence-electron chi connectivity index (χ2n) is 5.25. The van der Waals surface area contributed by atoms with Crippen molar-refractivity contribution in [1.29, 1.82) is 0 Å². The summed E-state index contributed by atoms with van der Waals surface area (Å²) in [5, 5.41) is 5.62. The van der Waals surface area contributed by atoms with Crippen molar-refractivity contribution in [2.24, 2.45) is 0 Å². The third-order valence-corrected chi connectivity index (χ3v) is 4.94. The molecule has 1 aromatic carbocycles. The van der Waals surface area contributed by atoms with Crippen LogP contribution in [0.5, 0.6) is 0 Å². The first-order valence-electron chi connectivity index (χ1n) is 6.99. The number of hydrogen-bond donors (Lipinski definition) is 2. The summed E-state index contributed by atoms with van der Waals surface area (Å²) in [4.78, 5) is 6.44. The van der Waals surface area contributed by atoms with Gasteiger partial charge in [0.2, 0.25) is 4.77 Å². The molecule has 120 valence electrons. The molecular weight excluding hydrogens is 355 g/mol. The highest BCUT2D eigenvalue weighted by atomic mass is 35.5. The maximum Gasteiger partial charge on any atom is 0.221 e. The van der Waals surface area contributed by atoms with Crippen LogP contribution in [0.3, 0.4) is 0 Å². The summed E-state index contributed by atoms with van der Waals surface area (Å²) in [7, 11) is 1.95. The van der Waals surface area contributed by atoms with E-state index in [-0.39, 0.29) is 5.82 Å². The van der Waals surface area contributed by atoms with Crippen molar-refractivity contribution < 1.29 is 9.29 Å². The van der Waals surface area contributed by atoms with Crippen molar-refractivity contribution in [3.63, 3.8) is 0 Å². The molecule has 3 aromatic rings. The minimum atomic E-state index is -0.288. The van der Waals surface area contributed by atoms with E-state index in [2.05, 4.69) is 10.1 Å². The van der Waals surface area contributed by atoms with Crippen LogP contribution >= 0.6 is 35.2 Å². The molecule has 1 unspecified atom stereocenters. The quantitative estimate of drug-likeness (QED) is 0.678. The Morgan fingerprint density at radius 1 is 1.39 bits per heavy atom. The minimum Gasteiger partial charge on any atom is -0.315 e. The first-order valence-corrected chi connectivity index (χ1v) is 8.66. The van der Waals surface area contributed by atoms with E-state index in [1.807, 2.05) is 24.6 Å². The molecular formula is C15H15ClFN4S2+. The number of aromatic nitrogens is 3. The van der Waals surface area contributed by atoms with Gasteiger partial charge >= 0.3 is 0 Å². The average Bonchev–Trinajstić information content (AvgIpc) is 3.14. The molecule has 23 heavy (non-hydrogen) atoms.